The van der Waals surface area contributed by atoms with Crippen LogP contribution in [-0.4, -0.2) is 17.2 Å². The lowest BCUT2D eigenvalue weighted by Crippen LogP contribution is -2.32. The highest BCUT2D eigenvalue weighted by Gasteiger charge is 2.07. The first-order valence-electron chi connectivity index (χ1n) is 6.88. The van der Waals surface area contributed by atoms with E-state index < -0.39 is 6.09 Å². The fourth-order valence-corrected chi connectivity index (χ4v) is 2.12. The van der Waals surface area contributed by atoms with E-state index in [0.29, 0.717) is 13.0 Å². The van der Waals surface area contributed by atoms with Gasteiger partial charge in [0.2, 0.25) is 0 Å². The Balaban J connectivity index is 1.93. The summed E-state index contributed by atoms with van der Waals surface area (Å²) in [6.45, 7) is 2.36. The number of carbonyl (C=O) groups is 1. The van der Waals surface area contributed by atoms with E-state index in [-0.39, 0.29) is 6.04 Å². The number of hydrogen-bond donors (Lipinski definition) is 2. The van der Waals surface area contributed by atoms with Gasteiger partial charge in [0, 0.05) is 6.04 Å². The van der Waals surface area contributed by atoms with Gasteiger partial charge in [-0.25, -0.2) is 4.79 Å². The van der Waals surface area contributed by atoms with Crippen molar-refractivity contribution in [1.82, 2.24) is 5.32 Å². The van der Waals surface area contributed by atoms with E-state index in [4.69, 9.17) is 9.84 Å². The fourth-order valence-electron chi connectivity index (χ4n) is 2.12. The number of benzene rings is 2. The van der Waals surface area contributed by atoms with Crippen molar-refractivity contribution < 1.29 is 14.6 Å². The summed E-state index contributed by atoms with van der Waals surface area (Å²) in [5, 5.41) is 11.1. The molecule has 1 atom stereocenters. The minimum absolute atomic E-state index is 0.133. The van der Waals surface area contributed by atoms with Crippen LogP contribution in [0.1, 0.15) is 18.1 Å². The second-order valence-electron chi connectivity index (χ2n) is 4.98. The molecule has 110 valence electrons. The minimum atomic E-state index is -1.00. The van der Waals surface area contributed by atoms with Crippen molar-refractivity contribution in [3.05, 3.63) is 65.7 Å². The highest BCUT2D eigenvalue weighted by molar-refractivity contribution is 5.64. The van der Waals surface area contributed by atoms with Crippen molar-refractivity contribution in [2.75, 3.05) is 0 Å². The second-order valence-corrected chi connectivity index (χ2v) is 4.98. The van der Waals surface area contributed by atoms with E-state index in [1.165, 1.54) is 0 Å². The molecule has 0 aromatic heterocycles. The van der Waals surface area contributed by atoms with Gasteiger partial charge in [0.25, 0.3) is 0 Å². The Hall–Kier alpha value is -2.49. The number of rotatable bonds is 6. The third-order valence-electron chi connectivity index (χ3n) is 3.06. The predicted octanol–water partition coefficient (Wildman–Crippen LogP) is 3.46. The molecule has 0 saturated carbocycles. The Morgan fingerprint density at radius 2 is 1.86 bits per heavy atom. The smallest absolute Gasteiger partial charge is 0.404 e. The third kappa shape index (κ3) is 5.18. The molecule has 2 rings (SSSR count). The maximum absolute atomic E-state index is 10.6. The van der Waals surface area contributed by atoms with Crippen LogP contribution < -0.4 is 10.1 Å². The van der Waals surface area contributed by atoms with Crippen LogP contribution in [0.3, 0.4) is 0 Å². The molecule has 0 aliphatic carbocycles. The Morgan fingerprint density at radius 3 is 2.57 bits per heavy atom. The van der Waals surface area contributed by atoms with E-state index in [2.05, 4.69) is 5.32 Å². The predicted molar refractivity (Wildman–Crippen MR) is 81.5 cm³/mol. The van der Waals surface area contributed by atoms with Gasteiger partial charge in [0.1, 0.15) is 12.4 Å². The average Bonchev–Trinajstić information content (AvgIpc) is 2.46. The van der Waals surface area contributed by atoms with Gasteiger partial charge in [-0.15, -0.1) is 0 Å². The highest BCUT2D eigenvalue weighted by atomic mass is 16.5. The van der Waals surface area contributed by atoms with Gasteiger partial charge in [-0.05, 0) is 36.6 Å². The van der Waals surface area contributed by atoms with Crippen molar-refractivity contribution in [1.29, 1.82) is 0 Å². The summed E-state index contributed by atoms with van der Waals surface area (Å²) < 4.78 is 5.76. The molecule has 2 aromatic carbocycles. The van der Waals surface area contributed by atoms with Crippen LogP contribution in [0, 0.1) is 0 Å². The van der Waals surface area contributed by atoms with Crippen molar-refractivity contribution in [2.24, 2.45) is 0 Å². The van der Waals surface area contributed by atoms with Crippen molar-refractivity contribution >= 4 is 6.09 Å². The molecule has 0 fully saturated rings. The summed E-state index contributed by atoms with van der Waals surface area (Å²) in [5.74, 6) is 0.791. The van der Waals surface area contributed by atoms with Crippen molar-refractivity contribution in [3.8, 4) is 5.75 Å². The molecule has 0 spiro atoms. The molecule has 0 radical (unpaired) electrons. The van der Waals surface area contributed by atoms with Crippen LogP contribution in [-0.2, 0) is 13.0 Å². The summed E-state index contributed by atoms with van der Waals surface area (Å²) in [6.07, 6.45) is -0.367. The van der Waals surface area contributed by atoms with E-state index in [0.717, 1.165) is 16.9 Å². The molecule has 0 heterocycles. The van der Waals surface area contributed by atoms with Crippen LogP contribution in [0.15, 0.2) is 54.6 Å². The van der Waals surface area contributed by atoms with Crippen molar-refractivity contribution in [2.45, 2.75) is 26.0 Å². The molecular weight excluding hydrogens is 266 g/mol. The number of carboxylic acid groups (broad SMARTS) is 1. The Kier molecular flexibility index (Phi) is 5.21. The first-order valence-corrected chi connectivity index (χ1v) is 6.88. The molecule has 4 nitrogen and oxygen atoms in total. The molecule has 0 aliphatic rings. The second kappa shape index (κ2) is 7.33. The number of amides is 1. The molecule has 1 amide bonds. The normalized spacial score (nSPS) is 11.7. The lowest BCUT2D eigenvalue weighted by atomic mass is 10.1. The van der Waals surface area contributed by atoms with Crippen LogP contribution >= 0.6 is 0 Å². The van der Waals surface area contributed by atoms with Crippen LogP contribution in [0.25, 0.3) is 0 Å². The summed E-state index contributed by atoms with van der Waals surface area (Å²) in [4.78, 5) is 10.6. The summed E-state index contributed by atoms with van der Waals surface area (Å²) >= 11 is 0. The summed E-state index contributed by atoms with van der Waals surface area (Å²) in [7, 11) is 0. The zero-order valence-corrected chi connectivity index (χ0v) is 12.0. The molecule has 2 aromatic rings. The standard InChI is InChI=1S/C17H19NO3/c1-13(18-17(19)20)10-15-8-5-9-16(11-15)21-12-14-6-3-2-4-7-14/h2-9,11,13,18H,10,12H2,1H3,(H,19,20)/t13-/m1/s1. The average molecular weight is 285 g/mol. The molecule has 21 heavy (non-hydrogen) atoms. The fraction of sp³-hybridized carbons (Fsp3) is 0.235. The van der Waals surface area contributed by atoms with Gasteiger partial charge in [0.15, 0.2) is 0 Å². The quantitative estimate of drug-likeness (QED) is 0.854. The van der Waals surface area contributed by atoms with Crippen LogP contribution in [0.2, 0.25) is 0 Å². The lowest BCUT2D eigenvalue weighted by Gasteiger charge is -2.12. The summed E-state index contributed by atoms with van der Waals surface area (Å²) in [6, 6.07) is 17.6. The Labute approximate surface area is 124 Å². The molecule has 0 unspecified atom stereocenters. The number of hydrogen-bond acceptors (Lipinski definition) is 2. The Morgan fingerprint density at radius 1 is 1.14 bits per heavy atom. The number of nitrogens with one attached hydrogen (secondary N) is 1. The maximum atomic E-state index is 10.6. The minimum Gasteiger partial charge on any atom is -0.489 e. The molecule has 2 N–H and O–H groups in total. The monoisotopic (exact) mass is 285 g/mol. The zero-order valence-electron chi connectivity index (χ0n) is 12.0. The molecule has 4 heteroatoms. The van der Waals surface area contributed by atoms with Gasteiger partial charge in [-0.2, -0.15) is 0 Å². The van der Waals surface area contributed by atoms with Crippen molar-refractivity contribution in [3.63, 3.8) is 0 Å². The van der Waals surface area contributed by atoms with Gasteiger partial charge >= 0.3 is 6.09 Å². The molecule has 0 bridgehead atoms. The first kappa shape index (κ1) is 14.9. The SMILES string of the molecule is C[C@H](Cc1cccc(OCc2ccccc2)c1)NC(=O)O. The lowest BCUT2D eigenvalue weighted by molar-refractivity contribution is 0.190. The van der Waals surface area contributed by atoms with Gasteiger partial charge in [-0.1, -0.05) is 42.5 Å². The first-order chi connectivity index (χ1) is 10.1. The molecular formula is C17H19NO3. The van der Waals surface area contributed by atoms with E-state index >= 15 is 0 Å². The summed E-state index contributed by atoms with van der Waals surface area (Å²) in [5.41, 5.74) is 2.16. The molecule has 0 aliphatic heterocycles. The van der Waals surface area contributed by atoms with E-state index in [9.17, 15) is 4.79 Å². The van der Waals surface area contributed by atoms with Gasteiger partial charge in [-0.3, -0.25) is 0 Å². The zero-order chi connectivity index (χ0) is 15.1. The Bertz CT molecular complexity index is 584. The highest BCUT2D eigenvalue weighted by Crippen LogP contribution is 2.16. The van der Waals surface area contributed by atoms with E-state index in [1.54, 1.807) is 0 Å². The van der Waals surface area contributed by atoms with Crippen LogP contribution in [0.4, 0.5) is 4.79 Å². The number of ether oxygens (including phenoxy) is 1. The largest absolute Gasteiger partial charge is 0.489 e. The molecule has 0 saturated heterocycles. The van der Waals surface area contributed by atoms with Gasteiger partial charge in [0.05, 0.1) is 0 Å². The van der Waals surface area contributed by atoms with Crippen LogP contribution in [0.5, 0.6) is 5.75 Å². The van der Waals surface area contributed by atoms with E-state index in [1.807, 2.05) is 61.5 Å². The topological polar surface area (TPSA) is 58.6 Å². The third-order valence-corrected chi connectivity index (χ3v) is 3.06. The van der Waals surface area contributed by atoms with Gasteiger partial charge < -0.3 is 15.2 Å². The maximum Gasteiger partial charge on any atom is 0.404 e.